The van der Waals surface area contributed by atoms with Crippen LogP contribution in [0.4, 0.5) is 0 Å². The van der Waals surface area contributed by atoms with Crippen LogP contribution in [-0.2, 0) is 14.3 Å². The monoisotopic (exact) mass is 361 g/mol. The highest BCUT2D eigenvalue weighted by atomic mass is 32.2. The van der Waals surface area contributed by atoms with Crippen molar-refractivity contribution in [2.75, 3.05) is 12.4 Å². The van der Waals surface area contributed by atoms with Crippen LogP contribution in [0, 0.1) is 0 Å². The zero-order chi connectivity index (χ0) is 18.3. The molecule has 0 bridgehead atoms. The maximum atomic E-state index is 12.4. The standard InChI is InChI=1S/C21H15NO3S/c1-3-10-25-21(24)18-17-13-8-9-15(26-11-4-2)12-6-5-7-14(16(12)13)19(17)22-20(18)23/h3-9H,1-2,10-11H2. The summed E-state index contributed by atoms with van der Waals surface area (Å²) in [7, 11) is 0. The first-order chi connectivity index (χ1) is 12.7. The molecule has 4 nitrogen and oxygen atoms in total. The number of hydrogen-bond donors (Lipinski definition) is 0. The van der Waals surface area contributed by atoms with E-state index in [4.69, 9.17) is 4.74 Å². The third-order valence-electron chi connectivity index (χ3n) is 4.33. The SMILES string of the molecule is C=CCOC(=O)C1=C2C(=NC1=O)c1cccc3c(SCC=C)ccc2c13. The number of amides is 1. The van der Waals surface area contributed by atoms with E-state index >= 15 is 0 Å². The van der Waals surface area contributed by atoms with Crippen LogP contribution >= 0.6 is 11.8 Å². The third-order valence-corrected chi connectivity index (χ3v) is 5.40. The second-order valence-electron chi connectivity index (χ2n) is 5.84. The number of hydrogen-bond acceptors (Lipinski definition) is 4. The van der Waals surface area contributed by atoms with E-state index in [-0.39, 0.29) is 12.2 Å². The molecule has 26 heavy (non-hydrogen) atoms. The number of carbonyl (C=O) groups is 2. The molecule has 1 amide bonds. The largest absolute Gasteiger partial charge is 0.458 e. The molecule has 0 radical (unpaired) electrons. The zero-order valence-electron chi connectivity index (χ0n) is 14.0. The molecule has 0 atom stereocenters. The van der Waals surface area contributed by atoms with Crippen molar-refractivity contribution in [2.45, 2.75) is 4.90 Å². The number of allylic oxidation sites excluding steroid dienone is 1. The quantitative estimate of drug-likeness (QED) is 0.338. The summed E-state index contributed by atoms with van der Waals surface area (Å²) < 4.78 is 5.10. The van der Waals surface area contributed by atoms with Gasteiger partial charge >= 0.3 is 5.97 Å². The highest BCUT2D eigenvalue weighted by Gasteiger charge is 2.39. The molecule has 1 aliphatic carbocycles. The Morgan fingerprint density at radius 2 is 2.00 bits per heavy atom. The Hall–Kier alpha value is -2.92. The molecule has 2 aliphatic rings. The molecule has 1 heterocycles. The van der Waals surface area contributed by atoms with Crippen LogP contribution in [0.3, 0.4) is 0 Å². The smallest absolute Gasteiger partial charge is 0.344 e. The number of thioether (sulfide) groups is 1. The van der Waals surface area contributed by atoms with Gasteiger partial charge in [0.2, 0.25) is 0 Å². The molecule has 0 saturated heterocycles. The summed E-state index contributed by atoms with van der Waals surface area (Å²) in [5.74, 6) is -0.397. The zero-order valence-corrected chi connectivity index (χ0v) is 14.8. The van der Waals surface area contributed by atoms with E-state index in [9.17, 15) is 9.59 Å². The van der Waals surface area contributed by atoms with E-state index in [1.807, 2.05) is 36.4 Å². The minimum Gasteiger partial charge on any atom is -0.458 e. The normalized spacial score (nSPS) is 14.5. The Morgan fingerprint density at radius 1 is 1.15 bits per heavy atom. The Balaban J connectivity index is 1.92. The summed E-state index contributed by atoms with van der Waals surface area (Å²) in [6.45, 7) is 7.35. The number of aliphatic imine (C=N–C) groups is 1. The molecule has 2 aromatic rings. The maximum absolute atomic E-state index is 12.4. The first-order valence-corrected chi connectivity index (χ1v) is 9.11. The minimum atomic E-state index is -0.658. The summed E-state index contributed by atoms with van der Waals surface area (Å²) in [5, 5.41) is 2.11. The van der Waals surface area contributed by atoms with Gasteiger partial charge in [-0.3, -0.25) is 4.79 Å². The lowest BCUT2D eigenvalue weighted by molar-refractivity contribution is -0.139. The van der Waals surface area contributed by atoms with Crippen LogP contribution in [0.25, 0.3) is 16.3 Å². The molecule has 5 heteroatoms. The van der Waals surface area contributed by atoms with Gasteiger partial charge in [0.1, 0.15) is 12.2 Å². The van der Waals surface area contributed by atoms with E-state index in [2.05, 4.69) is 18.2 Å². The van der Waals surface area contributed by atoms with Crippen molar-refractivity contribution in [2.24, 2.45) is 4.99 Å². The Labute approximate surface area is 155 Å². The number of fused-ring (bicyclic) bond motifs is 3. The number of benzene rings is 2. The topological polar surface area (TPSA) is 55.7 Å². The first-order valence-electron chi connectivity index (χ1n) is 8.13. The van der Waals surface area contributed by atoms with E-state index in [0.717, 1.165) is 32.5 Å². The Morgan fingerprint density at radius 3 is 2.77 bits per heavy atom. The molecular weight excluding hydrogens is 346 g/mol. The van der Waals surface area contributed by atoms with Crippen molar-refractivity contribution < 1.29 is 14.3 Å². The fraction of sp³-hybridized carbons (Fsp3) is 0.0952. The van der Waals surface area contributed by atoms with Crippen LogP contribution in [0.1, 0.15) is 11.1 Å². The van der Waals surface area contributed by atoms with Gasteiger partial charge < -0.3 is 4.74 Å². The molecular formula is C21H15NO3S. The van der Waals surface area contributed by atoms with Crippen LogP contribution in [0.15, 0.2) is 71.1 Å². The molecule has 0 fully saturated rings. The molecule has 2 aromatic carbocycles. The van der Waals surface area contributed by atoms with Gasteiger partial charge in [-0.1, -0.05) is 43.0 Å². The Kier molecular flexibility index (Phi) is 4.09. The van der Waals surface area contributed by atoms with Gasteiger partial charge in [-0.15, -0.1) is 18.3 Å². The summed E-state index contributed by atoms with van der Waals surface area (Å²) in [6, 6.07) is 9.90. The van der Waals surface area contributed by atoms with Crippen LogP contribution in [0.2, 0.25) is 0 Å². The van der Waals surface area contributed by atoms with Gasteiger partial charge in [0, 0.05) is 27.2 Å². The van der Waals surface area contributed by atoms with Crippen molar-refractivity contribution in [3.8, 4) is 0 Å². The summed E-state index contributed by atoms with van der Waals surface area (Å²) in [5.41, 5.74) is 2.88. The fourth-order valence-electron chi connectivity index (χ4n) is 3.35. The number of carbonyl (C=O) groups excluding carboxylic acids is 2. The molecule has 128 valence electrons. The van der Waals surface area contributed by atoms with Gasteiger partial charge in [-0.05, 0) is 17.0 Å². The lowest BCUT2D eigenvalue weighted by atomic mass is 10.0. The molecule has 0 unspecified atom stereocenters. The second kappa shape index (κ2) is 6.42. The molecule has 4 rings (SSSR count). The highest BCUT2D eigenvalue weighted by molar-refractivity contribution is 7.99. The van der Waals surface area contributed by atoms with Gasteiger partial charge in [0.15, 0.2) is 0 Å². The first kappa shape index (κ1) is 16.5. The van der Waals surface area contributed by atoms with Crippen LogP contribution in [0.5, 0.6) is 0 Å². The molecule has 0 saturated carbocycles. The van der Waals surface area contributed by atoms with Gasteiger partial charge in [0.05, 0.1) is 5.71 Å². The summed E-state index contributed by atoms with van der Waals surface area (Å²) in [4.78, 5) is 30.0. The number of rotatable bonds is 6. The summed E-state index contributed by atoms with van der Waals surface area (Å²) >= 11 is 1.70. The average Bonchev–Trinajstić information content (AvgIpc) is 3.14. The van der Waals surface area contributed by atoms with E-state index < -0.39 is 11.9 Å². The van der Waals surface area contributed by atoms with Crippen molar-refractivity contribution in [1.29, 1.82) is 0 Å². The molecule has 1 aliphatic heterocycles. The molecule has 0 aromatic heterocycles. The highest BCUT2D eigenvalue weighted by Crippen LogP contribution is 2.45. The predicted octanol–water partition coefficient (Wildman–Crippen LogP) is 3.94. The maximum Gasteiger partial charge on any atom is 0.344 e. The average molecular weight is 361 g/mol. The van der Waals surface area contributed by atoms with Crippen molar-refractivity contribution >= 4 is 45.7 Å². The van der Waals surface area contributed by atoms with Gasteiger partial charge in [0.25, 0.3) is 5.91 Å². The predicted molar refractivity (Wildman–Crippen MR) is 104 cm³/mol. The third kappa shape index (κ3) is 2.35. The van der Waals surface area contributed by atoms with Crippen molar-refractivity contribution in [3.05, 3.63) is 72.3 Å². The van der Waals surface area contributed by atoms with E-state index in [0.29, 0.717) is 11.3 Å². The lowest BCUT2D eigenvalue weighted by Gasteiger charge is -2.08. The van der Waals surface area contributed by atoms with Gasteiger partial charge in [-0.25, -0.2) is 9.79 Å². The summed E-state index contributed by atoms with van der Waals surface area (Å²) in [6.07, 6.45) is 3.33. The second-order valence-corrected chi connectivity index (χ2v) is 6.90. The lowest BCUT2D eigenvalue weighted by Crippen LogP contribution is -2.14. The number of esters is 1. The van der Waals surface area contributed by atoms with Crippen molar-refractivity contribution in [3.63, 3.8) is 0 Å². The minimum absolute atomic E-state index is 0.00541. The van der Waals surface area contributed by atoms with Gasteiger partial charge in [-0.2, -0.15) is 0 Å². The van der Waals surface area contributed by atoms with Crippen LogP contribution < -0.4 is 0 Å². The van der Waals surface area contributed by atoms with Crippen LogP contribution in [-0.4, -0.2) is 29.9 Å². The Bertz CT molecular complexity index is 1060. The molecule has 0 spiro atoms. The number of ether oxygens (including phenoxy) is 1. The molecule has 0 N–H and O–H groups in total. The number of nitrogens with zero attached hydrogens (tertiary/aromatic N) is 1. The van der Waals surface area contributed by atoms with Crippen molar-refractivity contribution in [1.82, 2.24) is 0 Å². The fourth-order valence-corrected chi connectivity index (χ4v) is 4.14. The van der Waals surface area contributed by atoms with E-state index in [1.54, 1.807) is 11.8 Å². The van der Waals surface area contributed by atoms with E-state index in [1.165, 1.54) is 6.08 Å².